The molecule has 2 aromatic heterocycles. The second-order valence-corrected chi connectivity index (χ2v) is 8.32. The van der Waals surface area contributed by atoms with Crippen LogP contribution in [0.25, 0.3) is 5.65 Å². The lowest BCUT2D eigenvalue weighted by Gasteiger charge is -2.24. The number of hydrogen-bond acceptors (Lipinski definition) is 4. The Balaban J connectivity index is 1.86. The third kappa shape index (κ3) is 5.34. The Kier molecular flexibility index (Phi) is 7.30. The van der Waals surface area contributed by atoms with E-state index in [9.17, 15) is 18.0 Å². The van der Waals surface area contributed by atoms with E-state index in [1.807, 2.05) is 0 Å². The summed E-state index contributed by atoms with van der Waals surface area (Å²) >= 11 is 6.20. The van der Waals surface area contributed by atoms with E-state index in [1.165, 1.54) is 22.7 Å². The standard InChI is InChI=1S/C22H24ClF3N4O2/c1-13-19(21(31)28-12-22(2,27)7-4-8-24)30-10-14(23)9-18(20(30)29-13)32-11-15-16(25)5-3-6-17(15)26/h3,5-6,9-10H,4,7-8,11-12,27H2,1-2H3,(H,28,31). The van der Waals surface area contributed by atoms with Crippen molar-refractivity contribution in [1.29, 1.82) is 0 Å². The summed E-state index contributed by atoms with van der Waals surface area (Å²) in [5.41, 5.74) is 5.99. The van der Waals surface area contributed by atoms with Crippen LogP contribution in [0, 0.1) is 18.6 Å². The lowest BCUT2D eigenvalue weighted by Crippen LogP contribution is -2.48. The number of ether oxygens (including phenoxy) is 1. The average molecular weight is 469 g/mol. The number of amides is 1. The molecule has 2 heterocycles. The molecule has 0 saturated carbocycles. The fourth-order valence-electron chi connectivity index (χ4n) is 3.32. The molecular formula is C22H24ClF3N4O2. The summed E-state index contributed by atoms with van der Waals surface area (Å²) in [4.78, 5) is 17.2. The number of nitrogens with one attached hydrogen (secondary N) is 1. The molecule has 1 aromatic carbocycles. The van der Waals surface area contributed by atoms with Crippen molar-refractivity contribution in [3.05, 3.63) is 64.1 Å². The highest BCUT2D eigenvalue weighted by Gasteiger charge is 2.24. The second kappa shape index (κ2) is 9.79. The highest BCUT2D eigenvalue weighted by Crippen LogP contribution is 2.28. The van der Waals surface area contributed by atoms with Crippen LogP contribution >= 0.6 is 11.6 Å². The number of nitrogens with zero attached hydrogens (tertiary/aromatic N) is 2. The Morgan fingerprint density at radius 3 is 2.69 bits per heavy atom. The van der Waals surface area contributed by atoms with Crippen LogP contribution in [-0.2, 0) is 6.61 Å². The minimum Gasteiger partial charge on any atom is -0.485 e. The minimum atomic E-state index is -0.772. The van der Waals surface area contributed by atoms with Gasteiger partial charge in [0.2, 0.25) is 0 Å². The molecule has 1 amide bonds. The van der Waals surface area contributed by atoms with E-state index in [2.05, 4.69) is 10.3 Å². The number of aromatic nitrogens is 2. The first-order valence-electron chi connectivity index (χ1n) is 10.00. The zero-order valence-corrected chi connectivity index (χ0v) is 18.5. The number of carbonyl (C=O) groups excluding carboxylic acids is 1. The molecule has 3 N–H and O–H groups in total. The summed E-state index contributed by atoms with van der Waals surface area (Å²) in [6, 6.07) is 4.99. The quantitative estimate of drug-likeness (QED) is 0.489. The highest BCUT2D eigenvalue weighted by molar-refractivity contribution is 6.30. The van der Waals surface area contributed by atoms with Gasteiger partial charge < -0.3 is 15.8 Å². The van der Waals surface area contributed by atoms with Crippen LogP contribution in [0.1, 0.15) is 41.5 Å². The molecule has 172 valence electrons. The Hall–Kier alpha value is -2.78. The molecular weight excluding hydrogens is 445 g/mol. The minimum absolute atomic E-state index is 0.134. The smallest absolute Gasteiger partial charge is 0.270 e. The van der Waals surface area contributed by atoms with Crippen molar-refractivity contribution in [2.75, 3.05) is 13.2 Å². The zero-order chi connectivity index (χ0) is 23.5. The molecule has 0 spiro atoms. The summed E-state index contributed by atoms with van der Waals surface area (Å²) in [5.74, 6) is -1.75. The van der Waals surface area contributed by atoms with Crippen LogP contribution < -0.4 is 15.8 Å². The third-order valence-corrected chi connectivity index (χ3v) is 5.22. The first-order valence-corrected chi connectivity index (χ1v) is 10.4. The maximum absolute atomic E-state index is 13.9. The van der Waals surface area contributed by atoms with E-state index in [-0.39, 0.29) is 40.8 Å². The van der Waals surface area contributed by atoms with E-state index < -0.39 is 29.8 Å². The number of halogens is 4. The van der Waals surface area contributed by atoms with Gasteiger partial charge >= 0.3 is 0 Å². The molecule has 1 atom stereocenters. The number of imidazole rings is 1. The molecule has 0 radical (unpaired) electrons. The summed E-state index contributed by atoms with van der Waals surface area (Å²) in [5, 5.41) is 2.98. The van der Waals surface area contributed by atoms with E-state index in [1.54, 1.807) is 13.8 Å². The number of pyridine rings is 1. The first kappa shape index (κ1) is 23.9. The molecule has 0 saturated heterocycles. The number of alkyl halides is 1. The van der Waals surface area contributed by atoms with Gasteiger partial charge in [-0.1, -0.05) is 17.7 Å². The normalized spacial score (nSPS) is 13.2. The Morgan fingerprint density at radius 1 is 1.34 bits per heavy atom. The maximum Gasteiger partial charge on any atom is 0.270 e. The molecule has 6 nitrogen and oxygen atoms in total. The van der Waals surface area contributed by atoms with E-state index in [0.717, 1.165) is 12.1 Å². The second-order valence-electron chi connectivity index (χ2n) is 7.88. The van der Waals surface area contributed by atoms with Gasteiger partial charge in [0.15, 0.2) is 11.4 Å². The third-order valence-electron chi connectivity index (χ3n) is 5.01. The molecule has 0 aliphatic heterocycles. The van der Waals surface area contributed by atoms with Crippen molar-refractivity contribution in [1.82, 2.24) is 14.7 Å². The van der Waals surface area contributed by atoms with Crippen molar-refractivity contribution in [3.8, 4) is 5.75 Å². The number of carbonyl (C=O) groups is 1. The molecule has 0 bridgehead atoms. The summed E-state index contributed by atoms with van der Waals surface area (Å²) in [6.07, 6.45) is 2.20. The number of aryl methyl sites for hydroxylation is 1. The van der Waals surface area contributed by atoms with Gasteiger partial charge in [-0.05, 0) is 38.8 Å². The SMILES string of the molecule is Cc1nc2c(OCc3c(F)cccc3F)cc(Cl)cn2c1C(=O)NCC(C)(N)CCCF. The monoisotopic (exact) mass is 468 g/mol. The predicted octanol–water partition coefficient (Wildman–Crippen LogP) is 4.35. The van der Waals surface area contributed by atoms with Crippen LogP contribution in [0.2, 0.25) is 5.02 Å². The van der Waals surface area contributed by atoms with Crippen molar-refractivity contribution in [2.24, 2.45) is 5.73 Å². The lowest BCUT2D eigenvalue weighted by atomic mass is 9.97. The molecule has 3 aromatic rings. The summed E-state index contributed by atoms with van der Waals surface area (Å²) < 4.78 is 47.4. The van der Waals surface area contributed by atoms with Crippen LogP contribution in [0.5, 0.6) is 5.75 Å². The molecule has 1 unspecified atom stereocenters. The van der Waals surface area contributed by atoms with E-state index >= 15 is 0 Å². The fourth-order valence-corrected chi connectivity index (χ4v) is 3.52. The summed E-state index contributed by atoms with van der Waals surface area (Å²) in [6.45, 7) is 2.64. The lowest BCUT2D eigenvalue weighted by molar-refractivity contribution is 0.0937. The van der Waals surface area contributed by atoms with Gasteiger partial charge in [-0.15, -0.1) is 0 Å². The largest absolute Gasteiger partial charge is 0.485 e. The Labute approximate surface area is 188 Å². The number of rotatable bonds is 9. The van der Waals surface area contributed by atoms with E-state index in [0.29, 0.717) is 18.5 Å². The van der Waals surface area contributed by atoms with Crippen molar-refractivity contribution >= 4 is 23.2 Å². The number of fused-ring (bicyclic) bond motifs is 1. The van der Waals surface area contributed by atoms with Crippen molar-refractivity contribution in [3.63, 3.8) is 0 Å². The van der Waals surface area contributed by atoms with Crippen molar-refractivity contribution < 1.29 is 22.7 Å². The van der Waals surface area contributed by atoms with Crippen molar-refractivity contribution in [2.45, 2.75) is 38.8 Å². The Bertz CT molecular complexity index is 1110. The van der Waals surface area contributed by atoms with Crippen LogP contribution in [-0.4, -0.2) is 34.1 Å². The molecule has 0 aliphatic carbocycles. The highest BCUT2D eigenvalue weighted by atomic mass is 35.5. The zero-order valence-electron chi connectivity index (χ0n) is 17.7. The maximum atomic E-state index is 13.9. The molecule has 0 fully saturated rings. The van der Waals surface area contributed by atoms with Gasteiger partial charge in [-0.25, -0.2) is 13.8 Å². The first-order chi connectivity index (χ1) is 15.1. The Morgan fingerprint density at radius 2 is 2.03 bits per heavy atom. The predicted molar refractivity (Wildman–Crippen MR) is 116 cm³/mol. The molecule has 10 heteroatoms. The van der Waals surface area contributed by atoms with Gasteiger partial charge in [-0.3, -0.25) is 13.6 Å². The van der Waals surface area contributed by atoms with E-state index in [4.69, 9.17) is 22.1 Å². The number of benzene rings is 1. The number of hydrogen-bond donors (Lipinski definition) is 2. The molecule has 3 rings (SSSR count). The topological polar surface area (TPSA) is 81.7 Å². The van der Waals surface area contributed by atoms with Gasteiger partial charge in [0, 0.05) is 24.3 Å². The molecule has 0 aliphatic rings. The van der Waals surface area contributed by atoms with Crippen LogP contribution in [0.15, 0.2) is 30.5 Å². The fraction of sp³-hybridized carbons (Fsp3) is 0.364. The van der Waals surface area contributed by atoms with Crippen LogP contribution in [0.4, 0.5) is 13.2 Å². The van der Waals surface area contributed by atoms with Crippen LogP contribution in [0.3, 0.4) is 0 Å². The number of nitrogens with two attached hydrogens (primary N) is 1. The average Bonchev–Trinajstić information content (AvgIpc) is 3.06. The van der Waals surface area contributed by atoms with Gasteiger partial charge in [0.25, 0.3) is 5.91 Å². The van der Waals surface area contributed by atoms with Gasteiger partial charge in [-0.2, -0.15) is 0 Å². The summed E-state index contributed by atoms with van der Waals surface area (Å²) in [7, 11) is 0. The van der Waals surface area contributed by atoms with Gasteiger partial charge in [0.1, 0.15) is 23.9 Å². The molecule has 32 heavy (non-hydrogen) atoms. The van der Waals surface area contributed by atoms with Gasteiger partial charge in [0.05, 0.1) is 23.0 Å².